The number of rotatable bonds is 5. The number of hydrogen-bond donors (Lipinski definition) is 1. The Balaban J connectivity index is 1.31. The van der Waals surface area contributed by atoms with E-state index in [2.05, 4.69) is 25.2 Å². The van der Waals surface area contributed by atoms with Gasteiger partial charge in [-0.1, -0.05) is 25.4 Å². The first-order valence-electron chi connectivity index (χ1n) is 10.5. The molecule has 2 unspecified atom stereocenters. The molecule has 0 aliphatic heterocycles. The first-order valence-corrected chi connectivity index (χ1v) is 10.9. The molecular formula is C24H30ClNO2. The van der Waals surface area contributed by atoms with E-state index in [1.165, 1.54) is 38.5 Å². The molecule has 1 aromatic carbocycles. The SMILES string of the molecule is COc1ccc(-c2ccc(CNC34CC5C[C@@](C)(C3)C[C@](C)(C5)C4)o2)cc1Cl. The first kappa shape index (κ1) is 18.6. The second-order valence-corrected chi connectivity index (χ2v) is 10.8. The normalized spacial score (nSPS) is 36.1. The van der Waals surface area contributed by atoms with Crippen molar-refractivity contribution < 1.29 is 9.15 Å². The summed E-state index contributed by atoms with van der Waals surface area (Å²) >= 11 is 6.27. The van der Waals surface area contributed by atoms with Gasteiger partial charge in [0.25, 0.3) is 0 Å². The molecule has 1 N–H and O–H groups in total. The zero-order valence-corrected chi connectivity index (χ0v) is 17.9. The van der Waals surface area contributed by atoms with Crippen LogP contribution in [0.4, 0.5) is 0 Å². The van der Waals surface area contributed by atoms with Gasteiger partial charge in [0.15, 0.2) is 0 Å². The van der Waals surface area contributed by atoms with Crippen molar-refractivity contribution in [2.75, 3.05) is 7.11 Å². The van der Waals surface area contributed by atoms with Gasteiger partial charge >= 0.3 is 0 Å². The van der Waals surface area contributed by atoms with Gasteiger partial charge in [0, 0.05) is 11.1 Å². The minimum absolute atomic E-state index is 0.291. The predicted octanol–water partition coefficient (Wildman–Crippen LogP) is 6.45. The fourth-order valence-electron chi connectivity index (χ4n) is 7.37. The first-order chi connectivity index (χ1) is 13.3. The minimum Gasteiger partial charge on any atom is -0.495 e. The van der Waals surface area contributed by atoms with E-state index in [0.717, 1.165) is 29.5 Å². The number of nitrogens with one attached hydrogen (secondary N) is 1. The highest BCUT2D eigenvalue weighted by atomic mass is 35.5. The monoisotopic (exact) mass is 399 g/mol. The predicted molar refractivity (Wildman–Crippen MR) is 113 cm³/mol. The molecule has 1 aromatic heterocycles. The van der Waals surface area contributed by atoms with Gasteiger partial charge in [0.05, 0.1) is 18.7 Å². The lowest BCUT2D eigenvalue weighted by molar-refractivity contribution is -0.118. The number of halogens is 1. The fourth-order valence-corrected chi connectivity index (χ4v) is 7.62. The summed E-state index contributed by atoms with van der Waals surface area (Å²) in [6.07, 6.45) is 8.22. The summed E-state index contributed by atoms with van der Waals surface area (Å²) in [5.41, 5.74) is 2.32. The van der Waals surface area contributed by atoms with Crippen LogP contribution < -0.4 is 10.1 Å². The van der Waals surface area contributed by atoms with Crippen molar-refractivity contribution in [2.45, 2.75) is 64.5 Å². The summed E-state index contributed by atoms with van der Waals surface area (Å²) in [7, 11) is 1.63. The van der Waals surface area contributed by atoms with Gasteiger partial charge in [-0.05, 0) is 85.6 Å². The highest BCUT2D eigenvalue weighted by molar-refractivity contribution is 6.32. The lowest BCUT2D eigenvalue weighted by Gasteiger charge is -2.65. The van der Waals surface area contributed by atoms with Crippen LogP contribution in [0.25, 0.3) is 11.3 Å². The van der Waals surface area contributed by atoms with Gasteiger partial charge in [-0.15, -0.1) is 0 Å². The summed E-state index contributed by atoms with van der Waals surface area (Å²) < 4.78 is 11.4. The molecule has 0 radical (unpaired) electrons. The third kappa shape index (κ3) is 3.17. The molecule has 4 aliphatic carbocycles. The summed E-state index contributed by atoms with van der Waals surface area (Å²) in [6.45, 7) is 5.83. The van der Waals surface area contributed by atoms with E-state index < -0.39 is 0 Å². The van der Waals surface area contributed by atoms with Gasteiger partial charge in [0.1, 0.15) is 17.3 Å². The Morgan fingerprint density at radius 3 is 2.46 bits per heavy atom. The van der Waals surface area contributed by atoms with Crippen LogP contribution in [0.1, 0.15) is 58.1 Å². The maximum absolute atomic E-state index is 6.27. The standard InChI is InChI=1S/C24H30ClNO2/c1-22-9-16-10-23(2,13-22)15-24(11-16,14-22)26-12-18-5-7-20(28-18)17-4-6-21(27-3)19(25)8-17/h4-8,16,26H,9-15H2,1-3H3/t16?,22-,23+,24?. The molecule has 6 rings (SSSR count). The lowest BCUT2D eigenvalue weighted by Crippen LogP contribution is -2.63. The molecule has 2 aromatic rings. The molecule has 28 heavy (non-hydrogen) atoms. The largest absolute Gasteiger partial charge is 0.495 e. The zero-order valence-electron chi connectivity index (χ0n) is 17.1. The van der Waals surface area contributed by atoms with Crippen molar-refractivity contribution in [1.29, 1.82) is 0 Å². The Kier molecular flexibility index (Phi) is 4.16. The third-order valence-corrected chi connectivity index (χ3v) is 7.66. The van der Waals surface area contributed by atoms with Gasteiger partial charge in [-0.3, -0.25) is 0 Å². The number of furan rings is 1. The maximum Gasteiger partial charge on any atom is 0.137 e. The smallest absolute Gasteiger partial charge is 0.137 e. The molecule has 4 atom stereocenters. The topological polar surface area (TPSA) is 34.4 Å². The maximum atomic E-state index is 6.27. The van der Waals surface area contributed by atoms with E-state index in [-0.39, 0.29) is 0 Å². The van der Waals surface area contributed by atoms with Crippen LogP contribution in [0.5, 0.6) is 5.75 Å². The highest BCUT2D eigenvalue weighted by Crippen LogP contribution is 2.66. The van der Waals surface area contributed by atoms with Gasteiger partial charge in [0.2, 0.25) is 0 Å². The molecule has 0 spiro atoms. The Bertz CT molecular complexity index is 886. The Morgan fingerprint density at radius 2 is 1.82 bits per heavy atom. The van der Waals surface area contributed by atoms with Crippen LogP contribution in [-0.4, -0.2) is 12.6 Å². The molecule has 3 nitrogen and oxygen atoms in total. The van der Waals surface area contributed by atoms with E-state index in [0.29, 0.717) is 27.1 Å². The fraction of sp³-hybridized carbons (Fsp3) is 0.583. The van der Waals surface area contributed by atoms with Gasteiger partial charge < -0.3 is 14.5 Å². The van der Waals surface area contributed by atoms with E-state index in [1.54, 1.807) is 7.11 Å². The number of benzene rings is 1. The molecule has 4 fully saturated rings. The summed E-state index contributed by atoms with van der Waals surface area (Å²) in [6, 6.07) is 9.90. The van der Waals surface area contributed by atoms with Crippen LogP contribution in [0.3, 0.4) is 0 Å². The van der Waals surface area contributed by atoms with Gasteiger partial charge in [-0.2, -0.15) is 0 Å². The summed E-state index contributed by atoms with van der Waals surface area (Å²) in [4.78, 5) is 0. The average Bonchev–Trinajstić information content (AvgIpc) is 3.06. The molecule has 4 heteroatoms. The number of methoxy groups -OCH3 is 1. The molecule has 0 amide bonds. The summed E-state index contributed by atoms with van der Waals surface area (Å²) in [5, 5.41) is 4.55. The second-order valence-electron chi connectivity index (χ2n) is 10.4. The zero-order chi connectivity index (χ0) is 19.6. The Labute approximate surface area is 172 Å². The Hall–Kier alpha value is -1.45. The molecular weight excluding hydrogens is 370 g/mol. The molecule has 1 heterocycles. The van der Waals surface area contributed by atoms with Crippen molar-refractivity contribution in [2.24, 2.45) is 16.7 Å². The molecule has 0 saturated heterocycles. The lowest BCUT2D eigenvalue weighted by atomic mass is 9.43. The summed E-state index contributed by atoms with van der Waals surface area (Å²) in [5.74, 6) is 3.42. The van der Waals surface area contributed by atoms with Crippen LogP contribution >= 0.6 is 11.6 Å². The third-order valence-electron chi connectivity index (χ3n) is 7.36. The van der Waals surface area contributed by atoms with E-state index in [4.69, 9.17) is 20.8 Å². The molecule has 4 aliphatic rings. The Morgan fingerprint density at radius 1 is 1.07 bits per heavy atom. The second kappa shape index (κ2) is 6.27. The quantitative estimate of drug-likeness (QED) is 0.627. The van der Waals surface area contributed by atoms with Crippen LogP contribution in [0.2, 0.25) is 5.02 Å². The van der Waals surface area contributed by atoms with Crippen LogP contribution in [0.15, 0.2) is 34.7 Å². The van der Waals surface area contributed by atoms with Crippen molar-refractivity contribution in [3.8, 4) is 17.1 Å². The molecule has 150 valence electrons. The number of ether oxygens (including phenoxy) is 1. The van der Waals surface area contributed by atoms with Crippen LogP contribution in [0, 0.1) is 16.7 Å². The minimum atomic E-state index is 0.291. The van der Waals surface area contributed by atoms with Crippen molar-refractivity contribution >= 4 is 11.6 Å². The molecule has 4 saturated carbocycles. The van der Waals surface area contributed by atoms with E-state index >= 15 is 0 Å². The highest BCUT2D eigenvalue weighted by Gasteiger charge is 2.59. The van der Waals surface area contributed by atoms with Gasteiger partial charge in [-0.25, -0.2) is 0 Å². The number of hydrogen-bond acceptors (Lipinski definition) is 3. The molecule has 4 bridgehead atoms. The van der Waals surface area contributed by atoms with Crippen molar-refractivity contribution in [1.82, 2.24) is 5.32 Å². The van der Waals surface area contributed by atoms with E-state index in [9.17, 15) is 0 Å². The van der Waals surface area contributed by atoms with E-state index in [1.807, 2.05) is 24.3 Å². The van der Waals surface area contributed by atoms with Crippen LogP contribution in [-0.2, 0) is 6.54 Å². The van der Waals surface area contributed by atoms with Crippen molar-refractivity contribution in [3.63, 3.8) is 0 Å². The van der Waals surface area contributed by atoms with Crippen molar-refractivity contribution in [3.05, 3.63) is 41.1 Å². The average molecular weight is 400 g/mol.